The lowest BCUT2D eigenvalue weighted by Crippen LogP contribution is -2.47. The fourth-order valence-corrected chi connectivity index (χ4v) is 5.76. The van der Waals surface area contributed by atoms with Crippen molar-refractivity contribution in [3.05, 3.63) is 0 Å². The molecule has 1 atom stereocenters. The lowest BCUT2D eigenvalue weighted by atomic mass is 9.51. The molecule has 0 aromatic heterocycles. The molecule has 5 aliphatic carbocycles. The highest BCUT2D eigenvalue weighted by Crippen LogP contribution is 2.58. The van der Waals surface area contributed by atoms with Crippen LogP contribution in [-0.2, 0) is 0 Å². The fraction of sp³-hybridized carbons (Fsp3) is 1.00. The Bertz CT molecular complexity index is 266. The van der Waals surface area contributed by atoms with Gasteiger partial charge in [-0.1, -0.05) is 0 Å². The molecule has 17 heavy (non-hydrogen) atoms. The van der Waals surface area contributed by atoms with Gasteiger partial charge in [0.15, 0.2) is 0 Å². The molecule has 1 nitrogen and oxygen atoms in total. The molecule has 0 aromatic rings. The van der Waals surface area contributed by atoms with Gasteiger partial charge in [-0.05, 0) is 93.9 Å². The lowest BCUT2D eigenvalue weighted by molar-refractivity contribution is -0.0437. The molecule has 0 heterocycles. The van der Waals surface area contributed by atoms with Crippen molar-refractivity contribution in [2.24, 2.45) is 35.5 Å². The number of nitrogens with one attached hydrogen (secondary N) is 1. The number of hydrogen-bond acceptors (Lipinski definition) is 1. The average molecular weight is 233 g/mol. The van der Waals surface area contributed by atoms with Crippen molar-refractivity contribution in [3.8, 4) is 0 Å². The van der Waals surface area contributed by atoms with E-state index in [-0.39, 0.29) is 0 Å². The summed E-state index contributed by atoms with van der Waals surface area (Å²) in [5.74, 6) is 6.67. The van der Waals surface area contributed by atoms with Crippen LogP contribution in [0.3, 0.4) is 0 Å². The van der Waals surface area contributed by atoms with E-state index >= 15 is 0 Å². The predicted molar refractivity (Wildman–Crippen MR) is 70.7 cm³/mol. The van der Waals surface area contributed by atoms with Crippen molar-refractivity contribution >= 4 is 0 Å². The molecule has 5 aliphatic rings. The Morgan fingerprint density at radius 1 is 0.941 bits per heavy atom. The maximum atomic E-state index is 3.62. The Morgan fingerprint density at radius 3 is 2.00 bits per heavy atom. The zero-order valence-corrected chi connectivity index (χ0v) is 11.2. The molecule has 0 saturated heterocycles. The summed E-state index contributed by atoms with van der Waals surface area (Å²) >= 11 is 0. The molecule has 0 aromatic carbocycles. The van der Waals surface area contributed by atoms with Gasteiger partial charge in [0.2, 0.25) is 0 Å². The van der Waals surface area contributed by atoms with Crippen LogP contribution < -0.4 is 5.32 Å². The van der Waals surface area contributed by atoms with E-state index in [4.69, 9.17) is 0 Å². The average Bonchev–Trinajstić information content (AvgIpc) is 3.12. The van der Waals surface area contributed by atoms with Gasteiger partial charge in [0, 0.05) is 6.04 Å². The van der Waals surface area contributed by atoms with E-state index in [2.05, 4.69) is 12.4 Å². The molecule has 0 radical (unpaired) electrons. The highest BCUT2D eigenvalue weighted by Gasteiger charge is 2.49. The second kappa shape index (κ2) is 3.98. The van der Waals surface area contributed by atoms with E-state index < -0.39 is 0 Å². The van der Waals surface area contributed by atoms with E-state index in [1.807, 2.05) is 0 Å². The first-order chi connectivity index (χ1) is 8.33. The normalized spacial score (nSPS) is 49.6. The molecule has 0 spiro atoms. The summed E-state index contributed by atoms with van der Waals surface area (Å²) in [5, 5.41) is 3.62. The van der Waals surface area contributed by atoms with Crippen molar-refractivity contribution in [3.63, 3.8) is 0 Å². The Balaban J connectivity index is 1.46. The zero-order valence-electron chi connectivity index (χ0n) is 11.2. The van der Waals surface area contributed by atoms with Crippen molar-refractivity contribution in [2.45, 2.75) is 57.4 Å². The summed E-state index contributed by atoms with van der Waals surface area (Å²) in [7, 11) is 2.19. The van der Waals surface area contributed by atoms with Gasteiger partial charge in [0.05, 0.1) is 0 Å². The Morgan fingerprint density at radius 2 is 1.53 bits per heavy atom. The third kappa shape index (κ3) is 1.85. The molecule has 0 amide bonds. The van der Waals surface area contributed by atoms with Crippen LogP contribution in [0.25, 0.3) is 0 Å². The Labute approximate surface area is 106 Å². The molecule has 5 saturated carbocycles. The SMILES string of the molecule is CNC(CC1C2CC3CC(C2)CC1C3)C1CC1. The van der Waals surface area contributed by atoms with Gasteiger partial charge in [0.1, 0.15) is 0 Å². The first-order valence-electron chi connectivity index (χ1n) is 8.00. The van der Waals surface area contributed by atoms with Gasteiger partial charge in [0.25, 0.3) is 0 Å². The van der Waals surface area contributed by atoms with E-state index in [9.17, 15) is 0 Å². The predicted octanol–water partition coefficient (Wildman–Crippen LogP) is 3.45. The minimum Gasteiger partial charge on any atom is -0.317 e. The Hall–Kier alpha value is -0.0400. The van der Waals surface area contributed by atoms with Gasteiger partial charge in [-0.2, -0.15) is 0 Å². The molecule has 1 heteroatoms. The quantitative estimate of drug-likeness (QED) is 0.784. The molecule has 5 fully saturated rings. The highest BCUT2D eigenvalue weighted by atomic mass is 14.9. The van der Waals surface area contributed by atoms with Crippen LogP contribution in [0.15, 0.2) is 0 Å². The monoisotopic (exact) mass is 233 g/mol. The minimum absolute atomic E-state index is 0.859. The third-order valence-electron chi connectivity index (χ3n) is 6.51. The summed E-state index contributed by atoms with van der Waals surface area (Å²) in [6.07, 6.45) is 12.5. The van der Waals surface area contributed by atoms with Gasteiger partial charge < -0.3 is 5.32 Å². The second-order valence-corrected chi connectivity index (χ2v) is 7.56. The molecule has 1 N–H and O–H groups in total. The summed E-state index contributed by atoms with van der Waals surface area (Å²) in [6, 6.07) is 0.859. The van der Waals surface area contributed by atoms with Crippen LogP contribution >= 0.6 is 0 Å². The topological polar surface area (TPSA) is 12.0 Å². The van der Waals surface area contributed by atoms with Crippen molar-refractivity contribution in [1.29, 1.82) is 0 Å². The van der Waals surface area contributed by atoms with Crippen LogP contribution in [-0.4, -0.2) is 13.1 Å². The van der Waals surface area contributed by atoms with Crippen molar-refractivity contribution < 1.29 is 0 Å². The standard InChI is InChI=1S/C16H27N/c1-17-16(12-2-3-12)9-15-13-5-10-4-11(7-13)8-14(15)6-10/h10-17H,2-9H2,1H3. The molecule has 96 valence electrons. The zero-order chi connectivity index (χ0) is 11.4. The van der Waals surface area contributed by atoms with E-state index in [1.54, 1.807) is 32.1 Å². The number of hydrogen-bond donors (Lipinski definition) is 1. The van der Waals surface area contributed by atoms with E-state index in [0.29, 0.717) is 0 Å². The first-order valence-corrected chi connectivity index (χ1v) is 8.00. The smallest absolute Gasteiger partial charge is 0.00951 e. The summed E-state index contributed by atoms with van der Waals surface area (Å²) in [4.78, 5) is 0. The summed E-state index contributed by atoms with van der Waals surface area (Å²) in [6.45, 7) is 0. The highest BCUT2D eigenvalue weighted by molar-refractivity contribution is 5.00. The van der Waals surface area contributed by atoms with E-state index in [1.165, 1.54) is 19.3 Å². The van der Waals surface area contributed by atoms with Gasteiger partial charge >= 0.3 is 0 Å². The van der Waals surface area contributed by atoms with Crippen LogP contribution in [0.2, 0.25) is 0 Å². The maximum absolute atomic E-state index is 3.62. The molecule has 1 unspecified atom stereocenters. The number of rotatable bonds is 4. The third-order valence-corrected chi connectivity index (χ3v) is 6.51. The summed E-state index contributed by atoms with van der Waals surface area (Å²) < 4.78 is 0. The van der Waals surface area contributed by atoms with Crippen LogP contribution in [0, 0.1) is 35.5 Å². The van der Waals surface area contributed by atoms with Crippen LogP contribution in [0.1, 0.15) is 51.4 Å². The van der Waals surface area contributed by atoms with Crippen molar-refractivity contribution in [2.75, 3.05) is 7.05 Å². The van der Waals surface area contributed by atoms with Gasteiger partial charge in [-0.15, -0.1) is 0 Å². The van der Waals surface area contributed by atoms with Gasteiger partial charge in [-0.25, -0.2) is 0 Å². The molecule has 0 aliphatic heterocycles. The first kappa shape index (κ1) is 10.8. The van der Waals surface area contributed by atoms with Crippen molar-refractivity contribution in [1.82, 2.24) is 5.32 Å². The van der Waals surface area contributed by atoms with Crippen LogP contribution in [0.4, 0.5) is 0 Å². The maximum Gasteiger partial charge on any atom is 0.00951 e. The molecule has 4 bridgehead atoms. The molecule has 5 rings (SSSR count). The fourth-order valence-electron chi connectivity index (χ4n) is 5.76. The second-order valence-electron chi connectivity index (χ2n) is 7.56. The lowest BCUT2D eigenvalue weighted by Gasteiger charge is -2.55. The molecular formula is C16H27N. The van der Waals surface area contributed by atoms with E-state index in [0.717, 1.165) is 41.5 Å². The largest absolute Gasteiger partial charge is 0.317 e. The van der Waals surface area contributed by atoms with Crippen LogP contribution in [0.5, 0.6) is 0 Å². The minimum atomic E-state index is 0.859. The molecular weight excluding hydrogens is 206 g/mol. The summed E-state index contributed by atoms with van der Waals surface area (Å²) in [5.41, 5.74) is 0. The van der Waals surface area contributed by atoms with Gasteiger partial charge in [-0.3, -0.25) is 0 Å². The Kier molecular flexibility index (Phi) is 2.54.